The maximum absolute atomic E-state index is 5.24. The molecule has 0 spiro atoms. The molecule has 0 unspecified atom stereocenters. The third-order valence-electron chi connectivity index (χ3n) is 1.91. The maximum Gasteiger partial charge on any atom is 0.0465 e. The molecule has 0 N–H and O–H groups in total. The van der Waals surface area contributed by atoms with Crippen LogP contribution in [0.2, 0.25) is 0 Å². The van der Waals surface area contributed by atoms with E-state index in [1.807, 2.05) is 6.92 Å². The first kappa shape index (κ1) is 12.9. The minimum Gasteiger partial charge on any atom is -0.385 e. The second-order valence-electron chi connectivity index (χ2n) is 3.12. The molecular formula is C11H23O2. The van der Waals surface area contributed by atoms with Crippen molar-refractivity contribution in [3.63, 3.8) is 0 Å². The Morgan fingerprint density at radius 2 is 1.77 bits per heavy atom. The summed E-state index contributed by atoms with van der Waals surface area (Å²) in [6.07, 6.45) is 8.36. The summed E-state index contributed by atoms with van der Waals surface area (Å²) in [7, 11) is 1.76. The molecule has 1 radical (unpaired) electrons. The van der Waals surface area contributed by atoms with Crippen molar-refractivity contribution in [2.45, 2.75) is 39.0 Å². The molecule has 0 atom stereocenters. The average molecular weight is 187 g/mol. The second-order valence-corrected chi connectivity index (χ2v) is 3.12. The molecule has 2 nitrogen and oxygen atoms in total. The number of methoxy groups -OCH3 is 1. The summed E-state index contributed by atoms with van der Waals surface area (Å²) in [5, 5.41) is 0. The van der Waals surface area contributed by atoms with Crippen LogP contribution in [-0.4, -0.2) is 26.9 Å². The predicted octanol–water partition coefficient (Wildman–Crippen LogP) is 2.82. The number of hydrogen-bond acceptors (Lipinski definition) is 2. The van der Waals surface area contributed by atoms with Crippen molar-refractivity contribution in [1.82, 2.24) is 0 Å². The first-order chi connectivity index (χ1) is 6.41. The Kier molecular flexibility index (Phi) is 11.8. The zero-order valence-corrected chi connectivity index (χ0v) is 9.05. The van der Waals surface area contributed by atoms with Crippen molar-refractivity contribution in [2.75, 3.05) is 26.9 Å². The molecule has 0 saturated carbocycles. The third kappa shape index (κ3) is 11.9. The van der Waals surface area contributed by atoms with E-state index in [0.29, 0.717) is 0 Å². The Balaban J connectivity index is 2.76. The van der Waals surface area contributed by atoms with Gasteiger partial charge in [-0.3, -0.25) is 0 Å². The van der Waals surface area contributed by atoms with Crippen LogP contribution in [0.4, 0.5) is 0 Å². The second kappa shape index (κ2) is 11.9. The lowest BCUT2D eigenvalue weighted by Gasteiger charge is -2.01. The van der Waals surface area contributed by atoms with Gasteiger partial charge in [0.25, 0.3) is 0 Å². The van der Waals surface area contributed by atoms with Gasteiger partial charge in [0.05, 0.1) is 0 Å². The van der Waals surface area contributed by atoms with Gasteiger partial charge in [-0.2, -0.15) is 0 Å². The average Bonchev–Trinajstić information content (AvgIpc) is 2.16. The summed E-state index contributed by atoms with van der Waals surface area (Å²) in [4.78, 5) is 0. The first-order valence-corrected chi connectivity index (χ1v) is 5.30. The highest BCUT2D eigenvalue weighted by atomic mass is 16.5. The van der Waals surface area contributed by atoms with Crippen LogP contribution < -0.4 is 0 Å². The number of unbranched alkanes of at least 4 members (excludes halogenated alkanes) is 5. The van der Waals surface area contributed by atoms with E-state index in [2.05, 4.69) is 6.42 Å². The van der Waals surface area contributed by atoms with E-state index in [4.69, 9.17) is 9.47 Å². The lowest BCUT2D eigenvalue weighted by Crippen LogP contribution is -1.93. The van der Waals surface area contributed by atoms with Gasteiger partial charge in [0.1, 0.15) is 0 Å². The zero-order chi connectivity index (χ0) is 9.78. The Bertz CT molecular complexity index is 74.2. The van der Waals surface area contributed by atoms with E-state index < -0.39 is 0 Å². The van der Waals surface area contributed by atoms with E-state index in [9.17, 15) is 0 Å². The van der Waals surface area contributed by atoms with Gasteiger partial charge in [-0.1, -0.05) is 12.8 Å². The van der Waals surface area contributed by atoms with Crippen molar-refractivity contribution in [1.29, 1.82) is 0 Å². The van der Waals surface area contributed by atoms with Gasteiger partial charge in [-0.05, 0) is 32.6 Å². The van der Waals surface area contributed by atoms with E-state index >= 15 is 0 Å². The number of hydrogen-bond donors (Lipinski definition) is 0. The molecule has 13 heavy (non-hydrogen) atoms. The van der Waals surface area contributed by atoms with Gasteiger partial charge in [-0.15, -0.1) is 0 Å². The van der Waals surface area contributed by atoms with Crippen LogP contribution >= 0.6 is 0 Å². The summed E-state index contributed by atoms with van der Waals surface area (Å²) in [6, 6.07) is 0. The Morgan fingerprint density at radius 3 is 2.46 bits per heavy atom. The fourth-order valence-corrected chi connectivity index (χ4v) is 1.15. The van der Waals surface area contributed by atoms with Crippen molar-refractivity contribution in [2.24, 2.45) is 0 Å². The number of ether oxygens (including phenoxy) is 2. The molecular weight excluding hydrogens is 164 g/mol. The first-order valence-electron chi connectivity index (χ1n) is 5.30. The fraction of sp³-hybridized carbons (Fsp3) is 0.909. The van der Waals surface area contributed by atoms with E-state index in [0.717, 1.165) is 26.2 Å². The smallest absolute Gasteiger partial charge is 0.0465 e. The van der Waals surface area contributed by atoms with Crippen LogP contribution in [0.15, 0.2) is 0 Å². The lowest BCUT2D eigenvalue weighted by molar-refractivity contribution is 0.145. The lowest BCUT2D eigenvalue weighted by atomic mass is 10.1. The molecule has 79 valence electrons. The van der Waals surface area contributed by atoms with Gasteiger partial charge in [0.2, 0.25) is 0 Å². The molecule has 2 heteroatoms. The summed E-state index contributed by atoms with van der Waals surface area (Å²) < 4.78 is 10.2. The molecule has 0 aromatic carbocycles. The topological polar surface area (TPSA) is 18.5 Å². The minimum absolute atomic E-state index is 0.841. The minimum atomic E-state index is 0.841. The SMILES string of the molecule is CCOCCC[CH]CCCCOC. The van der Waals surface area contributed by atoms with Gasteiger partial charge in [0.15, 0.2) is 0 Å². The van der Waals surface area contributed by atoms with Crippen LogP contribution in [0.25, 0.3) is 0 Å². The van der Waals surface area contributed by atoms with Crippen molar-refractivity contribution in [3.05, 3.63) is 6.42 Å². The van der Waals surface area contributed by atoms with Crippen LogP contribution in [0.5, 0.6) is 0 Å². The predicted molar refractivity (Wildman–Crippen MR) is 55.8 cm³/mol. The molecule has 0 fully saturated rings. The Morgan fingerprint density at radius 1 is 1.00 bits per heavy atom. The highest BCUT2D eigenvalue weighted by Crippen LogP contribution is 2.04. The molecule has 0 aliphatic rings. The van der Waals surface area contributed by atoms with Crippen molar-refractivity contribution >= 4 is 0 Å². The summed E-state index contributed by atoms with van der Waals surface area (Å²) in [5.74, 6) is 0. The van der Waals surface area contributed by atoms with E-state index in [1.54, 1.807) is 7.11 Å². The summed E-state index contributed by atoms with van der Waals surface area (Å²) in [6.45, 7) is 4.68. The van der Waals surface area contributed by atoms with Crippen molar-refractivity contribution in [3.8, 4) is 0 Å². The molecule has 0 aromatic heterocycles. The Labute approximate surface area is 82.6 Å². The van der Waals surface area contributed by atoms with E-state index in [-0.39, 0.29) is 0 Å². The van der Waals surface area contributed by atoms with Gasteiger partial charge >= 0.3 is 0 Å². The highest BCUT2D eigenvalue weighted by Gasteiger charge is 1.91. The highest BCUT2D eigenvalue weighted by molar-refractivity contribution is 4.63. The van der Waals surface area contributed by atoms with Crippen LogP contribution in [0.1, 0.15) is 39.0 Å². The van der Waals surface area contributed by atoms with Crippen molar-refractivity contribution < 1.29 is 9.47 Å². The molecule has 0 saturated heterocycles. The van der Waals surface area contributed by atoms with E-state index in [1.165, 1.54) is 25.7 Å². The monoisotopic (exact) mass is 187 g/mol. The molecule has 0 aliphatic heterocycles. The summed E-state index contributed by atoms with van der Waals surface area (Å²) in [5.41, 5.74) is 0. The fourth-order valence-electron chi connectivity index (χ4n) is 1.15. The summed E-state index contributed by atoms with van der Waals surface area (Å²) >= 11 is 0. The van der Waals surface area contributed by atoms with Crippen LogP contribution in [0.3, 0.4) is 0 Å². The van der Waals surface area contributed by atoms with Gasteiger partial charge in [0, 0.05) is 26.9 Å². The Hall–Kier alpha value is -0.0800. The largest absolute Gasteiger partial charge is 0.385 e. The molecule has 0 bridgehead atoms. The molecule has 0 aromatic rings. The van der Waals surface area contributed by atoms with Crippen LogP contribution in [0, 0.1) is 6.42 Å². The molecule has 0 rings (SSSR count). The van der Waals surface area contributed by atoms with Gasteiger partial charge < -0.3 is 9.47 Å². The normalized spacial score (nSPS) is 10.6. The molecule has 0 amide bonds. The third-order valence-corrected chi connectivity index (χ3v) is 1.91. The molecule has 0 heterocycles. The zero-order valence-electron chi connectivity index (χ0n) is 9.05. The van der Waals surface area contributed by atoms with Gasteiger partial charge in [-0.25, -0.2) is 0 Å². The number of rotatable bonds is 10. The maximum atomic E-state index is 5.24. The molecule has 0 aliphatic carbocycles. The quantitative estimate of drug-likeness (QED) is 0.490. The standard InChI is InChI=1S/C11H23O2/c1-3-13-11-9-7-5-4-6-8-10-12-2/h5H,3-4,6-11H2,1-2H3. The van der Waals surface area contributed by atoms with Crippen LogP contribution in [-0.2, 0) is 9.47 Å².